The highest BCUT2D eigenvalue weighted by molar-refractivity contribution is 5.28. The Hall–Kier alpha value is -1.84. The number of benzene rings is 2. The Morgan fingerprint density at radius 3 is 2.60 bits per heavy atom. The number of aliphatic hydroxyl groups excluding tert-OH is 1. The van der Waals surface area contributed by atoms with Gasteiger partial charge in [0.1, 0.15) is 5.75 Å². The van der Waals surface area contributed by atoms with Crippen LogP contribution in [-0.4, -0.2) is 18.3 Å². The fraction of sp³-hybridized carbons (Fsp3) is 0.294. The molecule has 0 aliphatic carbocycles. The van der Waals surface area contributed by atoms with Crippen molar-refractivity contribution >= 4 is 0 Å². The van der Waals surface area contributed by atoms with E-state index < -0.39 is 0 Å². The SMILES string of the molecule is CCOc1cccc(CN[C@@H](CO)c2ccccc2)c1. The van der Waals surface area contributed by atoms with Crippen molar-refractivity contribution in [2.75, 3.05) is 13.2 Å². The second-order valence-corrected chi connectivity index (χ2v) is 4.61. The summed E-state index contributed by atoms with van der Waals surface area (Å²) in [6.45, 7) is 3.42. The van der Waals surface area contributed by atoms with Gasteiger partial charge in [0.25, 0.3) is 0 Å². The molecule has 3 heteroatoms. The van der Waals surface area contributed by atoms with Crippen LogP contribution < -0.4 is 10.1 Å². The van der Waals surface area contributed by atoms with Crippen molar-refractivity contribution in [3.05, 3.63) is 65.7 Å². The van der Waals surface area contributed by atoms with Crippen LogP contribution in [0.2, 0.25) is 0 Å². The molecule has 0 heterocycles. The van der Waals surface area contributed by atoms with Gasteiger partial charge >= 0.3 is 0 Å². The standard InChI is InChI=1S/C17H21NO2/c1-2-20-16-10-6-7-14(11-16)12-18-17(13-19)15-8-4-3-5-9-15/h3-11,17-19H,2,12-13H2,1H3/t17-/m0/s1. The lowest BCUT2D eigenvalue weighted by Crippen LogP contribution is -2.23. The first kappa shape index (κ1) is 14.6. The molecule has 2 rings (SSSR count). The van der Waals surface area contributed by atoms with Crippen molar-refractivity contribution in [3.63, 3.8) is 0 Å². The third-order valence-electron chi connectivity index (χ3n) is 3.15. The molecule has 0 aliphatic rings. The van der Waals surface area contributed by atoms with E-state index in [1.54, 1.807) is 0 Å². The van der Waals surface area contributed by atoms with Gasteiger partial charge in [-0.05, 0) is 30.2 Å². The summed E-state index contributed by atoms with van der Waals surface area (Å²) >= 11 is 0. The van der Waals surface area contributed by atoms with E-state index in [1.807, 2.05) is 55.5 Å². The van der Waals surface area contributed by atoms with Crippen LogP contribution in [0, 0.1) is 0 Å². The molecule has 0 bridgehead atoms. The number of ether oxygens (including phenoxy) is 1. The quantitative estimate of drug-likeness (QED) is 0.813. The summed E-state index contributed by atoms with van der Waals surface area (Å²) in [5.41, 5.74) is 2.24. The van der Waals surface area contributed by atoms with Gasteiger partial charge in [-0.1, -0.05) is 42.5 Å². The minimum Gasteiger partial charge on any atom is -0.494 e. The Morgan fingerprint density at radius 1 is 1.10 bits per heavy atom. The zero-order chi connectivity index (χ0) is 14.2. The predicted octanol–water partition coefficient (Wildman–Crippen LogP) is 2.91. The topological polar surface area (TPSA) is 41.5 Å². The third-order valence-corrected chi connectivity index (χ3v) is 3.15. The molecule has 3 nitrogen and oxygen atoms in total. The van der Waals surface area contributed by atoms with Crippen LogP contribution in [0.25, 0.3) is 0 Å². The Morgan fingerprint density at radius 2 is 1.90 bits per heavy atom. The first-order valence-corrected chi connectivity index (χ1v) is 6.94. The lowest BCUT2D eigenvalue weighted by molar-refractivity contribution is 0.243. The van der Waals surface area contributed by atoms with Gasteiger partial charge in [-0.25, -0.2) is 0 Å². The first-order chi connectivity index (χ1) is 9.83. The molecule has 0 saturated heterocycles. The molecule has 0 unspecified atom stereocenters. The highest BCUT2D eigenvalue weighted by atomic mass is 16.5. The van der Waals surface area contributed by atoms with E-state index in [4.69, 9.17) is 4.74 Å². The number of rotatable bonds is 7. The largest absolute Gasteiger partial charge is 0.494 e. The molecule has 2 aromatic rings. The number of hydrogen-bond donors (Lipinski definition) is 2. The van der Waals surface area contributed by atoms with E-state index in [1.165, 1.54) is 0 Å². The molecule has 1 atom stereocenters. The molecule has 2 aromatic carbocycles. The van der Waals surface area contributed by atoms with Crippen LogP contribution in [0.4, 0.5) is 0 Å². The van der Waals surface area contributed by atoms with Crippen molar-refractivity contribution in [3.8, 4) is 5.75 Å². The number of aliphatic hydroxyl groups is 1. The van der Waals surface area contributed by atoms with E-state index in [9.17, 15) is 5.11 Å². The minimum absolute atomic E-state index is 0.0491. The van der Waals surface area contributed by atoms with Crippen molar-refractivity contribution < 1.29 is 9.84 Å². The average Bonchev–Trinajstić information content (AvgIpc) is 2.50. The van der Waals surface area contributed by atoms with Gasteiger partial charge in [0, 0.05) is 6.54 Å². The van der Waals surface area contributed by atoms with Crippen LogP contribution >= 0.6 is 0 Å². The minimum atomic E-state index is -0.0491. The van der Waals surface area contributed by atoms with E-state index in [2.05, 4.69) is 11.4 Å². The van der Waals surface area contributed by atoms with Crippen LogP contribution in [0.5, 0.6) is 5.75 Å². The molecular formula is C17H21NO2. The van der Waals surface area contributed by atoms with E-state index in [0.717, 1.165) is 16.9 Å². The van der Waals surface area contributed by atoms with Crippen molar-refractivity contribution in [1.82, 2.24) is 5.32 Å². The molecule has 0 aromatic heterocycles. The van der Waals surface area contributed by atoms with Gasteiger partial charge in [-0.2, -0.15) is 0 Å². The van der Waals surface area contributed by atoms with Crippen LogP contribution in [0.3, 0.4) is 0 Å². The molecule has 2 N–H and O–H groups in total. The maximum atomic E-state index is 9.51. The zero-order valence-corrected chi connectivity index (χ0v) is 11.8. The van der Waals surface area contributed by atoms with Gasteiger partial charge in [0.2, 0.25) is 0 Å². The molecule has 20 heavy (non-hydrogen) atoms. The smallest absolute Gasteiger partial charge is 0.119 e. The summed E-state index contributed by atoms with van der Waals surface area (Å²) < 4.78 is 5.49. The Bertz CT molecular complexity index is 513. The summed E-state index contributed by atoms with van der Waals surface area (Å²) in [5.74, 6) is 0.882. The van der Waals surface area contributed by atoms with Crippen LogP contribution in [-0.2, 0) is 6.54 Å². The van der Waals surface area contributed by atoms with Crippen LogP contribution in [0.1, 0.15) is 24.1 Å². The van der Waals surface area contributed by atoms with Gasteiger partial charge in [-0.3, -0.25) is 0 Å². The van der Waals surface area contributed by atoms with Crippen molar-refractivity contribution in [2.45, 2.75) is 19.5 Å². The highest BCUT2D eigenvalue weighted by Gasteiger charge is 2.09. The Labute approximate surface area is 120 Å². The molecule has 0 saturated carbocycles. The van der Waals surface area contributed by atoms with Gasteiger partial charge in [0.15, 0.2) is 0 Å². The number of hydrogen-bond acceptors (Lipinski definition) is 3. The summed E-state index contributed by atoms with van der Waals surface area (Å²) in [6.07, 6.45) is 0. The first-order valence-electron chi connectivity index (χ1n) is 6.94. The maximum absolute atomic E-state index is 9.51. The predicted molar refractivity (Wildman–Crippen MR) is 80.7 cm³/mol. The lowest BCUT2D eigenvalue weighted by Gasteiger charge is -2.17. The Balaban J connectivity index is 1.98. The second kappa shape index (κ2) is 7.68. The second-order valence-electron chi connectivity index (χ2n) is 4.61. The normalized spacial score (nSPS) is 12.1. The zero-order valence-electron chi connectivity index (χ0n) is 11.8. The summed E-state index contributed by atoms with van der Waals surface area (Å²) in [5, 5.41) is 12.9. The molecule has 0 radical (unpaired) electrons. The van der Waals surface area contributed by atoms with Crippen molar-refractivity contribution in [1.29, 1.82) is 0 Å². The highest BCUT2D eigenvalue weighted by Crippen LogP contribution is 2.16. The van der Waals surface area contributed by atoms with Crippen molar-refractivity contribution in [2.24, 2.45) is 0 Å². The maximum Gasteiger partial charge on any atom is 0.119 e. The van der Waals surface area contributed by atoms with E-state index >= 15 is 0 Å². The fourth-order valence-corrected chi connectivity index (χ4v) is 2.13. The summed E-state index contributed by atoms with van der Waals surface area (Å²) in [7, 11) is 0. The number of nitrogens with one attached hydrogen (secondary N) is 1. The monoisotopic (exact) mass is 271 g/mol. The van der Waals surface area contributed by atoms with Gasteiger partial charge in [0.05, 0.1) is 19.3 Å². The molecule has 0 amide bonds. The summed E-state index contributed by atoms with van der Waals surface area (Å²) in [6, 6.07) is 17.9. The van der Waals surface area contributed by atoms with E-state index in [-0.39, 0.29) is 12.6 Å². The molecule has 0 spiro atoms. The fourth-order valence-electron chi connectivity index (χ4n) is 2.13. The lowest BCUT2D eigenvalue weighted by atomic mass is 10.1. The van der Waals surface area contributed by atoms with Crippen LogP contribution in [0.15, 0.2) is 54.6 Å². The molecular weight excluding hydrogens is 250 g/mol. The molecule has 0 aliphatic heterocycles. The average molecular weight is 271 g/mol. The van der Waals surface area contributed by atoms with Gasteiger partial charge < -0.3 is 15.2 Å². The van der Waals surface area contributed by atoms with E-state index in [0.29, 0.717) is 13.2 Å². The summed E-state index contributed by atoms with van der Waals surface area (Å²) in [4.78, 5) is 0. The Kier molecular flexibility index (Phi) is 5.59. The third kappa shape index (κ3) is 4.08. The molecule has 0 fully saturated rings. The molecule has 106 valence electrons. The van der Waals surface area contributed by atoms with Gasteiger partial charge in [-0.15, -0.1) is 0 Å².